The maximum Gasteiger partial charge on any atom is 0.340 e. The first-order chi connectivity index (χ1) is 15.0. The van der Waals surface area contributed by atoms with Gasteiger partial charge in [0.25, 0.3) is 0 Å². The molecule has 162 valence electrons. The van der Waals surface area contributed by atoms with Crippen LogP contribution in [-0.4, -0.2) is 63.0 Å². The Morgan fingerprint density at radius 2 is 1.77 bits per heavy atom. The van der Waals surface area contributed by atoms with Crippen LogP contribution in [0.2, 0.25) is 0 Å². The Bertz CT molecular complexity index is 1110. The molecule has 0 spiro atoms. The van der Waals surface area contributed by atoms with E-state index in [-0.39, 0.29) is 29.2 Å². The van der Waals surface area contributed by atoms with Gasteiger partial charge < -0.3 is 29.2 Å². The molecule has 1 aliphatic rings. The summed E-state index contributed by atoms with van der Waals surface area (Å²) < 4.78 is 12.5. The van der Waals surface area contributed by atoms with E-state index in [1.807, 2.05) is 0 Å². The number of ether oxygens (including phenoxy) is 2. The summed E-state index contributed by atoms with van der Waals surface area (Å²) in [5, 5.41) is 30.5. The Morgan fingerprint density at radius 1 is 1.06 bits per heavy atom. The van der Waals surface area contributed by atoms with E-state index >= 15 is 0 Å². The molecule has 31 heavy (non-hydrogen) atoms. The minimum absolute atomic E-state index is 0.0802. The normalized spacial score (nSPS) is 23.2. The quantitative estimate of drug-likeness (QED) is 0.405. The Hall–Kier alpha value is -3.04. The lowest BCUT2D eigenvalue weighted by Crippen LogP contribution is -2.32. The first-order valence-corrected chi connectivity index (χ1v) is 10.0. The highest BCUT2D eigenvalue weighted by Gasteiger charge is 2.47. The summed E-state index contributed by atoms with van der Waals surface area (Å²) in [6.07, 6.45) is -3.47. The zero-order chi connectivity index (χ0) is 22.1. The number of carbonyl (C=O) groups excluding carboxylic acids is 2. The molecule has 0 bridgehead atoms. The predicted molar refractivity (Wildman–Crippen MR) is 110 cm³/mol. The summed E-state index contributed by atoms with van der Waals surface area (Å²) in [6.45, 7) is 1.25. The average Bonchev–Trinajstić information content (AvgIpc) is 3.28. The van der Waals surface area contributed by atoms with Crippen molar-refractivity contribution in [1.29, 1.82) is 0 Å². The van der Waals surface area contributed by atoms with Crippen molar-refractivity contribution in [2.75, 3.05) is 13.2 Å². The zero-order valence-corrected chi connectivity index (χ0v) is 16.8. The number of aliphatic hydroxyl groups excluding tert-OH is 3. The van der Waals surface area contributed by atoms with Crippen molar-refractivity contribution in [3.63, 3.8) is 0 Å². The summed E-state index contributed by atoms with van der Waals surface area (Å²) in [6, 6.07) is 13.6. The molecule has 0 saturated carbocycles. The minimum Gasteiger partial charge on any atom is -0.462 e. The fraction of sp³-hybridized carbons (Fsp3) is 0.304. The largest absolute Gasteiger partial charge is 0.462 e. The lowest BCUT2D eigenvalue weighted by atomic mass is 9.94. The van der Waals surface area contributed by atoms with E-state index in [2.05, 4.69) is 0 Å². The minimum atomic E-state index is -1.45. The molecule has 1 aliphatic heterocycles. The van der Waals surface area contributed by atoms with Crippen molar-refractivity contribution in [2.45, 2.75) is 31.3 Å². The van der Waals surface area contributed by atoms with Crippen LogP contribution in [0.4, 0.5) is 0 Å². The molecule has 1 fully saturated rings. The molecule has 1 saturated heterocycles. The van der Waals surface area contributed by atoms with Gasteiger partial charge in [-0.3, -0.25) is 4.79 Å². The molecule has 0 unspecified atom stereocenters. The van der Waals surface area contributed by atoms with Gasteiger partial charge in [-0.25, -0.2) is 4.79 Å². The standard InChI is InChI=1S/C23H23NO7/c1-2-30-23(29)16-14-10-6-7-11-24(14)18(19(26)13-8-4-3-5-9-13)17(16)22-21(28)20(27)15(12-25)31-22/h3-11,15,20-22,25,27-28H,2,12H2,1H3/t15-,20-,21-,22+/m1/s1. The van der Waals surface area contributed by atoms with Crippen molar-refractivity contribution in [1.82, 2.24) is 4.40 Å². The van der Waals surface area contributed by atoms with Gasteiger partial charge in [-0.2, -0.15) is 0 Å². The number of aromatic nitrogens is 1. The second kappa shape index (κ2) is 8.60. The molecule has 3 aromatic rings. The van der Waals surface area contributed by atoms with Crippen molar-refractivity contribution in [3.05, 3.63) is 77.1 Å². The maximum atomic E-state index is 13.5. The van der Waals surface area contributed by atoms with Gasteiger partial charge in [-0.15, -0.1) is 0 Å². The Balaban J connectivity index is 2.01. The average molecular weight is 425 g/mol. The number of rotatable bonds is 6. The predicted octanol–water partition coefficient (Wildman–Crippen LogP) is 1.50. The topological polar surface area (TPSA) is 118 Å². The third-order valence-electron chi connectivity index (χ3n) is 5.44. The van der Waals surface area contributed by atoms with Crippen LogP contribution in [-0.2, 0) is 9.47 Å². The molecular weight excluding hydrogens is 402 g/mol. The van der Waals surface area contributed by atoms with Gasteiger partial charge in [0.15, 0.2) is 0 Å². The fourth-order valence-electron chi connectivity index (χ4n) is 4.02. The Morgan fingerprint density at radius 3 is 2.42 bits per heavy atom. The van der Waals surface area contributed by atoms with Crippen LogP contribution in [0.5, 0.6) is 0 Å². The Labute approximate surface area is 178 Å². The molecule has 4 rings (SSSR count). The number of nitrogens with zero attached hydrogens (tertiary/aromatic N) is 1. The first-order valence-electron chi connectivity index (χ1n) is 10.0. The number of hydrogen-bond acceptors (Lipinski definition) is 7. The number of hydrogen-bond donors (Lipinski definition) is 3. The van der Waals surface area contributed by atoms with Gasteiger partial charge in [-0.05, 0) is 19.1 Å². The molecule has 0 amide bonds. The molecule has 0 aliphatic carbocycles. The van der Waals surface area contributed by atoms with Crippen LogP contribution in [0.25, 0.3) is 5.52 Å². The third-order valence-corrected chi connectivity index (χ3v) is 5.44. The zero-order valence-electron chi connectivity index (χ0n) is 16.8. The highest BCUT2D eigenvalue weighted by molar-refractivity contribution is 6.13. The van der Waals surface area contributed by atoms with Crippen LogP contribution in [0.15, 0.2) is 54.7 Å². The second-order valence-electron chi connectivity index (χ2n) is 7.27. The highest BCUT2D eigenvalue weighted by Crippen LogP contribution is 2.40. The molecule has 8 nitrogen and oxygen atoms in total. The number of ketones is 1. The van der Waals surface area contributed by atoms with Gasteiger partial charge in [-0.1, -0.05) is 36.4 Å². The summed E-state index contributed by atoms with van der Waals surface area (Å²) >= 11 is 0. The number of esters is 1. The molecule has 3 N–H and O–H groups in total. The SMILES string of the molecule is CCOC(=O)c1c([C@@H]2O[C@H](CO)[C@@H](O)[C@H]2O)c(C(=O)c2ccccc2)n2ccccc12. The van der Waals surface area contributed by atoms with Crippen molar-refractivity contribution in [3.8, 4) is 0 Å². The molecule has 2 aromatic heterocycles. The van der Waals surface area contributed by atoms with Gasteiger partial charge in [0.2, 0.25) is 5.78 Å². The summed E-state index contributed by atoms with van der Waals surface area (Å²) in [4.78, 5) is 26.5. The number of benzene rings is 1. The van der Waals surface area contributed by atoms with Gasteiger partial charge in [0.1, 0.15) is 30.1 Å². The third kappa shape index (κ3) is 3.53. The van der Waals surface area contributed by atoms with Crippen LogP contribution >= 0.6 is 0 Å². The van der Waals surface area contributed by atoms with Gasteiger partial charge in [0.05, 0.1) is 24.3 Å². The van der Waals surface area contributed by atoms with E-state index in [1.54, 1.807) is 66.1 Å². The number of aliphatic hydroxyl groups is 3. The first kappa shape index (κ1) is 21.2. The number of carbonyl (C=O) groups is 2. The van der Waals surface area contributed by atoms with Crippen molar-refractivity contribution < 1.29 is 34.4 Å². The fourth-order valence-corrected chi connectivity index (χ4v) is 4.02. The van der Waals surface area contributed by atoms with Crippen molar-refractivity contribution >= 4 is 17.3 Å². The van der Waals surface area contributed by atoms with E-state index in [0.29, 0.717) is 11.1 Å². The molecule has 4 atom stereocenters. The summed E-state index contributed by atoms with van der Waals surface area (Å²) in [7, 11) is 0. The van der Waals surface area contributed by atoms with E-state index in [4.69, 9.17) is 9.47 Å². The number of pyridine rings is 1. The van der Waals surface area contributed by atoms with E-state index in [1.165, 1.54) is 0 Å². The van der Waals surface area contributed by atoms with Crippen LogP contribution in [0.1, 0.15) is 45.0 Å². The van der Waals surface area contributed by atoms with E-state index in [0.717, 1.165) is 0 Å². The molecule has 8 heteroatoms. The molecular formula is C23H23NO7. The van der Waals surface area contributed by atoms with E-state index < -0.39 is 37.0 Å². The monoisotopic (exact) mass is 425 g/mol. The molecule has 0 radical (unpaired) electrons. The van der Waals surface area contributed by atoms with Crippen LogP contribution in [0, 0.1) is 0 Å². The van der Waals surface area contributed by atoms with Crippen LogP contribution < -0.4 is 0 Å². The molecule has 1 aromatic carbocycles. The summed E-state index contributed by atoms with van der Waals surface area (Å²) in [5.41, 5.74) is 1.12. The van der Waals surface area contributed by atoms with Crippen LogP contribution in [0.3, 0.4) is 0 Å². The lowest BCUT2D eigenvalue weighted by Gasteiger charge is -2.17. The maximum absolute atomic E-state index is 13.5. The van der Waals surface area contributed by atoms with Gasteiger partial charge in [0, 0.05) is 17.3 Å². The van der Waals surface area contributed by atoms with Gasteiger partial charge >= 0.3 is 5.97 Å². The number of fused-ring (bicyclic) bond motifs is 1. The molecule has 3 heterocycles. The summed E-state index contributed by atoms with van der Waals surface area (Å²) in [5.74, 6) is -1.06. The highest BCUT2D eigenvalue weighted by atomic mass is 16.6. The van der Waals surface area contributed by atoms with Crippen molar-refractivity contribution in [2.24, 2.45) is 0 Å². The second-order valence-corrected chi connectivity index (χ2v) is 7.27. The lowest BCUT2D eigenvalue weighted by molar-refractivity contribution is -0.0232. The van der Waals surface area contributed by atoms with E-state index in [9.17, 15) is 24.9 Å². The Kier molecular flexibility index (Phi) is 5.88. The smallest absolute Gasteiger partial charge is 0.340 e.